The van der Waals surface area contributed by atoms with E-state index in [-0.39, 0.29) is 17.3 Å². The first-order valence-corrected chi connectivity index (χ1v) is 14.3. The fourth-order valence-corrected chi connectivity index (χ4v) is 5.94. The van der Waals surface area contributed by atoms with Crippen molar-refractivity contribution in [2.45, 2.75) is 23.3 Å². The van der Waals surface area contributed by atoms with Gasteiger partial charge >= 0.3 is 0 Å². The van der Waals surface area contributed by atoms with Crippen molar-refractivity contribution < 1.29 is 13.2 Å². The number of hydrogen-bond acceptors (Lipinski definition) is 5. The van der Waals surface area contributed by atoms with Gasteiger partial charge in [0, 0.05) is 37.6 Å². The summed E-state index contributed by atoms with van der Waals surface area (Å²) in [4.78, 5) is 18.5. The molecule has 0 atom stereocenters. The first-order chi connectivity index (χ1) is 16.9. The zero-order valence-corrected chi connectivity index (χ0v) is 21.8. The fraction of sp³-hybridized carbons (Fsp3) is 0.296. The van der Waals surface area contributed by atoms with E-state index in [9.17, 15) is 13.2 Å². The third-order valence-corrected chi connectivity index (χ3v) is 8.75. The van der Waals surface area contributed by atoms with Crippen LogP contribution in [0.1, 0.15) is 11.1 Å². The maximum Gasteiger partial charge on any atom is 0.264 e. The zero-order valence-electron chi connectivity index (χ0n) is 20.1. The van der Waals surface area contributed by atoms with Crippen LogP contribution in [0.3, 0.4) is 0 Å². The molecular weight excluding hydrogens is 478 g/mol. The third-order valence-electron chi connectivity index (χ3n) is 6.22. The van der Waals surface area contributed by atoms with E-state index in [2.05, 4.69) is 17.0 Å². The first-order valence-electron chi connectivity index (χ1n) is 11.6. The fourth-order valence-electron chi connectivity index (χ4n) is 4.12. The van der Waals surface area contributed by atoms with Crippen molar-refractivity contribution in [3.8, 4) is 0 Å². The molecule has 3 aromatic rings. The van der Waals surface area contributed by atoms with Crippen LogP contribution in [0.25, 0.3) is 0 Å². The van der Waals surface area contributed by atoms with Gasteiger partial charge in [0.2, 0.25) is 5.91 Å². The minimum atomic E-state index is -3.91. The Balaban J connectivity index is 1.49. The molecule has 1 saturated heterocycles. The van der Waals surface area contributed by atoms with E-state index in [4.69, 9.17) is 0 Å². The van der Waals surface area contributed by atoms with Crippen LogP contribution in [0.2, 0.25) is 0 Å². The lowest BCUT2D eigenvalue weighted by molar-refractivity contribution is -0.131. The van der Waals surface area contributed by atoms with E-state index in [1.807, 2.05) is 43.5 Å². The topological polar surface area (TPSA) is 60.9 Å². The molecule has 6 nitrogen and oxygen atoms in total. The average Bonchev–Trinajstić information content (AvgIpc) is 2.89. The number of carbonyl (C=O) groups is 1. The summed E-state index contributed by atoms with van der Waals surface area (Å²) in [7, 11) is -3.91. The van der Waals surface area contributed by atoms with Gasteiger partial charge in [-0.05, 0) is 55.1 Å². The SMILES string of the molecule is CSc1ccc(S(=O)(=O)N(CC(=O)N2CCN(Cc3ccccc3)CC2)c2ccc(C)cc2)cc1. The van der Waals surface area contributed by atoms with Crippen molar-refractivity contribution in [3.63, 3.8) is 0 Å². The van der Waals surface area contributed by atoms with Crippen LogP contribution < -0.4 is 4.31 Å². The number of anilines is 1. The summed E-state index contributed by atoms with van der Waals surface area (Å²) in [5.74, 6) is -0.186. The molecule has 1 heterocycles. The van der Waals surface area contributed by atoms with Crippen molar-refractivity contribution in [1.82, 2.24) is 9.80 Å². The van der Waals surface area contributed by atoms with E-state index in [1.165, 1.54) is 9.87 Å². The predicted octanol–water partition coefficient (Wildman–Crippen LogP) is 4.26. The van der Waals surface area contributed by atoms with Crippen molar-refractivity contribution in [1.29, 1.82) is 0 Å². The maximum absolute atomic E-state index is 13.6. The average molecular weight is 510 g/mol. The second-order valence-corrected chi connectivity index (χ2v) is 11.4. The Labute approximate surface area is 212 Å². The van der Waals surface area contributed by atoms with Gasteiger partial charge < -0.3 is 4.90 Å². The zero-order chi connectivity index (χ0) is 24.8. The maximum atomic E-state index is 13.6. The van der Waals surface area contributed by atoms with E-state index in [0.717, 1.165) is 30.1 Å². The van der Waals surface area contributed by atoms with Gasteiger partial charge in [0.05, 0.1) is 10.6 Å². The molecule has 3 aromatic carbocycles. The Hall–Kier alpha value is -2.81. The molecule has 4 rings (SSSR count). The molecule has 35 heavy (non-hydrogen) atoms. The molecule has 8 heteroatoms. The standard InChI is InChI=1S/C27H31N3O3S2/c1-22-8-10-24(11-9-22)30(35(32,33)26-14-12-25(34-2)13-15-26)21-27(31)29-18-16-28(17-19-29)20-23-6-4-3-5-7-23/h3-15H,16-21H2,1-2H3. The van der Waals surface area contributed by atoms with Crippen LogP contribution in [0, 0.1) is 6.92 Å². The monoisotopic (exact) mass is 509 g/mol. The molecule has 0 saturated carbocycles. The molecule has 0 aliphatic carbocycles. The van der Waals surface area contributed by atoms with Gasteiger partial charge in [-0.1, -0.05) is 48.0 Å². The molecule has 1 fully saturated rings. The van der Waals surface area contributed by atoms with Gasteiger partial charge in [-0.15, -0.1) is 11.8 Å². The van der Waals surface area contributed by atoms with Crippen LogP contribution in [0.4, 0.5) is 5.69 Å². The molecule has 1 aliphatic rings. The lowest BCUT2D eigenvalue weighted by atomic mass is 10.2. The summed E-state index contributed by atoms with van der Waals surface area (Å²) in [5.41, 5.74) is 2.76. The Bertz CT molecular complexity index is 1220. The molecular formula is C27H31N3O3S2. The number of nitrogens with zero attached hydrogens (tertiary/aromatic N) is 3. The smallest absolute Gasteiger partial charge is 0.264 e. The molecule has 1 amide bonds. The highest BCUT2D eigenvalue weighted by atomic mass is 32.2. The number of hydrogen-bond donors (Lipinski definition) is 0. The highest BCUT2D eigenvalue weighted by molar-refractivity contribution is 7.98. The number of amides is 1. The van der Waals surface area contributed by atoms with E-state index >= 15 is 0 Å². The van der Waals surface area contributed by atoms with E-state index in [0.29, 0.717) is 18.8 Å². The highest BCUT2D eigenvalue weighted by Crippen LogP contribution is 2.26. The minimum Gasteiger partial charge on any atom is -0.339 e. The van der Waals surface area contributed by atoms with Crippen molar-refractivity contribution in [2.75, 3.05) is 43.3 Å². The number of carbonyl (C=O) groups excluding carboxylic acids is 1. The van der Waals surface area contributed by atoms with E-state index < -0.39 is 10.0 Å². The summed E-state index contributed by atoms with van der Waals surface area (Å²) >= 11 is 1.55. The van der Waals surface area contributed by atoms with Crippen LogP contribution in [0.5, 0.6) is 0 Å². The number of rotatable bonds is 8. The van der Waals surface area contributed by atoms with Crippen LogP contribution in [0.15, 0.2) is 88.7 Å². The van der Waals surface area contributed by atoms with Gasteiger partial charge in [-0.2, -0.15) is 0 Å². The van der Waals surface area contributed by atoms with Gasteiger partial charge in [0.1, 0.15) is 6.54 Å². The molecule has 0 spiro atoms. The number of aryl methyl sites for hydroxylation is 1. The van der Waals surface area contributed by atoms with Crippen molar-refractivity contribution in [3.05, 3.63) is 90.0 Å². The largest absolute Gasteiger partial charge is 0.339 e. The molecule has 0 aromatic heterocycles. The van der Waals surface area contributed by atoms with E-state index in [1.54, 1.807) is 53.1 Å². The second-order valence-electron chi connectivity index (χ2n) is 8.67. The lowest BCUT2D eigenvalue weighted by Crippen LogP contribution is -2.51. The Morgan fingerprint density at radius 3 is 2.11 bits per heavy atom. The predicted molar refractivity (Wildman–Crippen MR) is 142 cm³/mol. The van der Waals surface area contributed by atoms with Crippen molar-refractivity contribution in [2.24, 2.45) is 0 Å². The molecule has 1 aliphatic heterocycles. The van der Waals surface area contributed by atoms with Crippen LogP contribution in [-0.2, 0) is 21.4 Å². The Morgan fingerprint density at radius 1 is 0.886 bits per heavy atom. The summed E-state index contributed by atoms with van der Waals surface area (Å²) in [6.45, 7) is 5.24. The molecule has 0 bridgehead atoms. The summed E-state index contributed by atoms with van der Waals surface area (Å²) < 4.78 is 28.5. The minimum absolute atomic E-state index is 0.177. The number of sulfonamides is 1. The Kier molecular flexibility index (Phi) is 8.15. The molecule has 0 radical (unpaired) electrons. The number of thioether (sulfide) groups is 1. The highest BCUT2D eigenvalue weighted by Gasteiger charge is 2.30. The van der Waals surface area contributed by atoms with Gasteiger partial charge in [0.25, 0.3) is 10.0 Å². The summed E-state index contributed by atoms with van der Waals surface area (Å²) in [6.07, 6.45) is 1.94. The summed E-state index contributed by atoms with van der Waals surface area (Å²) in [6, 6.07) is 24.3. The Morgan fingerprint density at radius 2 is 1.51 bits per heavy atom. The normalized spacial score (nSPS) is 14.6. The number of benzene rings is 3. The number of piperazine rings is 1. The molecule has 0 N–H and O–H groups in total. The summed E-state index contributed by atoms with van der Waals surface area (Å²) in [5, 5.41) is 0. The quantitative estimate of drug-likeness (QED) is 0.425. The molecule has 0 unspecified atom stereocenters. The first kappa shape index (κ1) is 25.3. The van der Waals surface area contributed by atoms with Crippen LogP contribution in [-0.4, -0.2) is 63.1 Å². The second kappa shape index (κ2) is 11.3. The van der Waals surface area contributed by atoms with Crippen molar-refractivity contribution >= 4 is 33.4 Å². The van der Waals surface area contributed by atoms with Crippen LogP contribution >= 0.6 is 11.8 Å². The van der Waals surface area contributed by atoms with Gasteiger partial charge in [-0.3, -0.25) is 14.0 Å². The lowest BCUT2D eigenvalue weighted by Gasteiger charge is -2.36. The van der Waals surface area contributed by atoms with Gasteiger partial charge in [0.15, 0.2) is 0 Å². The molecule has 184 valence electrons. The van der Waals surface area contributed by atoms with Gasteiger partial charge in [-0.25, -0.2) is 8.42 Å². The third kappa shape index (κ3) is 6.25.